The average molecular weight is 393 g/mol. The molecule has 0 atom stereocenters. The minimum absolute atomic E-state index is 0.195. The monoisotopic (exact) mass is 393 g/mol. The highest BCUT2D eigenvalue weighted by atomic mass is 32.2. The molecule has 1 amide bonds. The molecule has 3 rings (SSSR count). The zero-order valence-corrected chi connectivity index (χ0v) is 15.5. The fraction of sp³-hybridized carbons (Fsp3) is 0.389. The van der Waals surface area contributed by atoms with Gasteiger partial charge in [0.1, 0.15) is 0 Å². The Morgan fingerprint density at radius 1 is 1.11 bits per heavy atom. The number of nitrogens with one attached hydrogen (secondary N) is 1. The van der Waals surface area contributed by atoms with Crippen LogP contribution in [0.1, 0.15) is 10.4 Å². The molecule has 6 nitrogen and oxygen atoms in total. The third kappa shape index (κ3) is 5.86. The van der Waals surface area contributed by atoms with Gasteiger partial charge in [0.2, 0.25) is 5.95 Å². The van der Waals surface area contributed by atoms with E-state index in [1.807, 2.05) is 0 Å². The zero-order valence-electron chi connectivity index (χ0n) is 14.7. The minimum Gasteiger partial charge on any atom is -0.351 e. The molecule has 2 heterocycles. The molecule has 27 heavy (non-hydrogen) atoms. The van der Waals surface area contributed by atoms with Crippen LogP contribution in [0, 0.1) is 0 Å². The number of halogens is 2. The highest BCUT2D eigenvalue weighted by Crippen LogP contribution is 2.25. The molecule has 0 unspecified atom stereocenters. The number of carbonyl (C=O) groups excluding carboxylic acids is 1. The van der Waals surface area contributed by atoms with Crippen molar-refractivity contribution in [2.45, 2.75) is 10.7 Å². The molecule has 0 bridgehead atoms. The van der Waals surface area contributed by atoms with Crippen molar-refractivity contribution in [3.63, 3.8) is 0 Å². The van der Waals surface area contributed by atoms with E-state index in [1.165, 1.54) is 12.1 Å². The molecule has 1 fully saturated rings. The number of rotatable bonds is 7. The molecule has 0 spiro atoms. The summed E-state index contributed by atoms with van der Waals surface area (Å²) in [5, 5.41) is 2.88. The molecule has 9 heteroatoms. The zero-order chi connectivity index (χ0) is 19.1. The predicted molar refractivity (Wildman–Crippen MR) is 101 cm³/mol. The Kier molecular flexibility index (Phi) is 6.94. The van der Waals surface area contributed by atoms with Gasteiger partial charge in [-0.05, 0) is 30.3 Å². The molecule has 2 aromatic rings. The first-order valence-corrected chi connectivity index (χ1v) is 9.57. The number of piperazine rings is 1. The largest absolute Gasteiger partial charge is 0.351 e. The fourth-order valence-electron chi connectivity index (χ4n) is 2.84. The van der Waals surface area contributed by atoms with Gasteiger partial charge >= 0.3 is 0 Å². The van der Waals surface area contributed by atoms with E-state index in [4.69, 9.17) is 0 Å². The van der Waals surface area contributed by atoms with Crippen molar-refractivity contribution >= 4 is 23.6 Å². The first kappa shape index (κ1) is 19.5. The van der Waals surface area contributed by atoms with Crippen molar-refractivity contribution in [3.05, 3.63) is 48.3 Å². The van der Waals surface area contributed by atoms with E-state index in [9.17, 15) is 13.6 Å². The van der Waals surface area contributed by atoms with Crippen molar-refractivity contribution < 1.29 is 13.6 Å². The van der Waals surface area contributed by atoms with E-state index < -0.39 is 5.76 Å². The molecule has 0 radical (unpaired) electrons. The van der Waals surface area contributed by atoms with Crippen molar-refractivity contribution in [2.24, 2.45) is 0 Å². The van der Waals surface area contributed by atoms with Crippen LogP contribution in [0.4, 0.5) is 14.7 Å². The second-order valence-electron chi connectivity index (χ2n) is 6.04. The predicted octanol–water partition coefficient (Wildman–Crippen LogP) is 2.34. The Morgan fingerprint density at radius 2 is 1.78 bits per heavy atom. The summed E-state index contributed by atoms with van der Waals surface area (Å²) < 4.78 is 24.6. The first-order chi connectivity index (χ1) is 13.1. The highest BCUT2D eigenvalue weighted by Gasteiger charge is 2.18. The number of alkyl halides is 2. The second-order valence-corrected chi connectivity index (χ2v) is 7.10. The van der Waals surface area contributed by atoms with Crippen LogP contribution < -0.4 is 10.2 Å². The molecular formula is C18H21F2N5OS. The number of hydrogen-bond acceptors (Lipinski definition) is 6. The normalized spacial score (nSPS) is 15.1. The SMILES string of the molecule is O=C(NCCN1CCN(c2ncccn2)CC1)c1ccc(SC(F)F)cc1. The summed E-state index contributed by atoms with van der Waals surface area (Å²) in [5.41, 5.74) is 0.472. The van der Waals surface area contributed by atoms with Crippen molar-refractivity contribution in [1.29, 1.82) is 0 Å². The number of anilines is 1. The van der Waals surface area contributed by atoms with Crippen LogP contribution in [-0.4, -0.2) is 65.8 Å². The third-order valence-electron chi connectivity index (χ3n) is 4.26. The molecule has 1 aromatic carbocycles. The molecule has 0 aliphatic carbocycles. The van der Waals surface area contributed by atoms with Gasteiger partial charge in [-0.25, -0.2) is 9.97 Å². The molecule has 1 aromatic heterocycles. The Balaban J connectivity index is 1.38. The minimum atomic E-state index is -2.46. The number of hydrogen-bond donors (Lipinski definition) is 1. The first-order valence-electron chi connectivity index (χ1n) is 8.69. The second kappa shape index (κ2) is 9.61. The molecule has 144 valence electrons. The quantitative estimate of drug-likeness (QED) is 0.729. The van der Waals surface area contributed by atoms with Crippen LogP contribution in [0.3, 0.4) is 0 Å². The Bertz CT molecular complexity index is 724. The fourth-order valence-corrected chi connectivity index (χ4v) is 3.34. The van der Waals surface area contributed by atoms with Gasteiger partial charge in [-0.2, -0.15) is 8.78 Å². The lowest BCUT2D eigenvalue weighted by molar-refractivity contribution is 0.0947. The van der Waals surface area contributed by atoms with E-state index in [2.05, 4.69) is 25.1 Å². The van der Waals surface area contributed by atoms with E-state index in [0.717, 1.165) is 38.7 Å². The molecule has 1 N–H and O–H groups in total. The summed E-state index contributed by atoms with van der Waals surface area (Å²) in [4.78, 5) is 25.5. The molecule has 0 saturated carbocycles. The van der Waals surface area contributed by atoms with E-state index in [1.54, 1.807) is 30.6 Å². The van der Waals surface area contributed by atoms with E-state index in [-0.39, 0.29) is 5.91 Å². The van der Waals surface area contributed by atoms with Crippen LogP contribution in [0.2, 0.25) is 0 Å². The number of amides is 1. The van der Waals surface area contributed by atoms with Crippen molar-refractivity contribution in [1.82, 2.24) is 20.2 Å². The summed E-state index contributed by atoms with van der Waals surface area (Å²) in [7, 11) is 0. The van der Waals surface area contributed by atoms with E-state index >= 15 is 0 Å². The summed E-state index contributed by atoms with van der Waals surface area (Å²) in [6.45, 7) is 4.76. The lowest BCUT2D eigenvalue weighted by Crippen LogP contribution is -2.49. The van der Waals surface area contributed by atoms with Gasteiger partial charge in [0.25, 0.3) is 11.7 Å². The van der Waals surface area contributed by atoms with Gasteiger partial charge < -0.3 is 10.2 Å². The average Bonchev–Trinajstić information content (AvgIpc) is 2.69. The van der Waals surface area contributed by atoms with Gasteiger partial charge in [0.05, 0.1) is 0 Å². The maximum Gasteiger partial charge on any atom is 0.288 e. The van der Waals surface area contributed by atoms with Gasteiger partial charge in [0, 0.05) is 62.1 Å². The van der Waals surface area contributed by atoms with Crippen LogP contribution in [0.25, 0.3) is 0 Å². The lowest BCUT2D eigenvalue weighted by Gasteiger charge is -2.34. The molecular weight excluding hydrogens is 372 g/mol. The van der Waals surface area contributed by atoms with E-state index in [0.29, 0.717) is 28.8 Å². The number of carbonyl (C=O) groups is 1. The summed E-state index contributed by atoms with van der Waals surface area (Å²) >= 11 is 0.469. The van der Waals surface area contributed by atoms with Crippen molar-refractivity contribution in [3.8, 4) is 0 Å². The number of thioether (sulfide) groups is 1. The summed E-state index contributed by atoms with van der Waals surface area (Å²) in [5.74, 6) is -1.91. The Morgan fingerprint density at radius 3 is 2.41 bits per heavy atom. The van der Waals surface area contributed by atoms with Crippen LogP contribution in [0.15, 0.2) is 47.6 Å². The lowest BCUT2D eigenvalue weighted by atomic mass is 10.2. The summed E-state index contributed by atoms with van der Waals surface area (Å²) in [6.07, 6.45) is 3.48. The third-order valence-corrected chi connectivity index (χ3v) is 4.99. The van der Waals surface area contributed by atoms with Crippen LogP contribution in [0.5, 0.6) is 0 Å². The standard InChI is InChI=1S/C18H21F2N5OS/c19-17(20)27-15-4-2-14(3-5-15)16(26)21-8-9-24-10-12-25(13-11-24)18-22-6-1-7-23-18/h1-7,17H,8-13H2,(H,21,26). The van der Waals surface area contributed by atoms with Crippen LogP contribution in [-0.2, 0) is 0 Å². The Labute approximate surface area is 161 Å². The van der Waals surface area contributed by atoms with Gasteiger partial charge in [-0.3, -0.25) is 9.69 Å². The number of benzene rings is 1. The van der Waals surface area contributed by atoms with Crippen molar-refractivity contribution in [2.75, 3.05) is 44.2 Å². The summed E-state index contributed by atoms with van der Waals surface area (Å²) in [6, 6.07) is 8.01. The smallest absolute Gasteiger partial charge is 0.288 e. The number of nitrogens with zero attached hydrogens (tertiary/aromatic N) is 4. The highest BCUT2D eigenvalue weighted by molar-refractivity contribution is 7.99. The van der Waals surface area contributed by atoms with Gasteiger partial charge in [-0.1, -0.05) is 11.8 Å². The molecule has 1 saturated heterocycles. The maximum absolute atomic E-state index is 12.3. The van der Waals surface area contributed by atoms with Crippen LogP contribution >= 0.6 is 11.8 Å². The maximum atomic E-state index is 12.3. The Hall–Kier alpha value is -2.26. The van der Waals surface area contributed by atoms with Gasteiger partial charge in [-0.15, -0.1) is 0 Å². The van der Waals surface area contributed by atoms with Gasteiger partial charge in [0.15, 0.2) is 0 Å². The number of aromatic nitrogens is 2. The molecule has 1 aliphatic rings. The molecule has 1 aliphatic heterocycles. The topological polar surface area (TPSA) is 61.4 Å².